The van der Waals surface area contributed by atoms with Crippen LogP contribution in [-0.4, -0.2) is 25.7 Å². The lowest BCUT2D eigenvalue weighted by Gasteiger charge is -2.17. The zero-order valence-electron chi connectivity index (χ0n) is 12.1. The molecule has 2 unspecified atom stereocenters. The van der Waals surface area contributed by atoms with E-state index in [9.17, 15) is 4.79 Å². The molecule has 4 heteroatoms. The van der Waals surface area contributed by atoms with Crippen LogP contribution in [0.5, 0.6) is 5.75 Å². The van der Waals surface area contributed by atoms with Gasteiger partial charge < -0.3 is 14.8 Å². The van der Waals surface area contributed by atoms with E-state index in [2.05, 4.69) is 12.2 Å². The molecular weight excluding hydrogens is 242 g/mol. The number of esters is 1. The molecule has 0 saturated carbocycles. The van der Waals surface area contributed by atoms with Gasteiger partial charge in [-0.1, -0.05) is 19.1 Å². The Balaban J connectivity index is 2.77. The first kappa shape index (κ1) is 15.5. The highest BCUT2D eigenvalue weighted by Gasteiger charge is 2.19. The molecule has 0 aliphatic rings. The Morgan fingerprint density at radius 2 is 2.11 bits per heavy atom. The van der Waals surface area contributed by atoms with Gasteiger partial charge in [0.05, 0.1) is 6.61 Å². The first-order valence-corrected chi connectivity index (χ1v) is 6.72. The van der Waals surface area contributed by atoms with E-state index in [1.54, 1.807) is 6.92 Å². The predicted octanol–water partition coefficient (Wildman–Crippen LogP) is 2.69. The van der Waals surface area contributed by atoms with Gasteiger partial charge in [0.25, 0.3) is 0 Å². The van der Waals surface area contributed by atoms with E-state index < -0.39 is 6.10 Å². The minimum Gasteiger partial charge on any atom is -0.479 e. The lowest BCUT2D eigenvalue weighted by atomic mass is 10.1. The van der Waals surface area contributed by atoms with Crippen LogP contribution in [0.3, 0.4) is 0 Å². The molecule has 0 fully saturated rings. The molecule has 0 amide bonds. The van der Waals surface area contributed by atoms with Crippen LogP contribution in [0.2, 0.25) is 0 Å². The number of carbonyl (C=O) groups is 1. The third-order valence-corrected chi connectivity index (χ3v) is 2.99. The summed E-state index contributed by atoms with van der Waals surface area (Å²) in [5.41, 5.74) is 1.12. The lowest BCUT2D eigenvalue weighted by Crippen LogP contribution is -2.28. The van der Waals surface area contributed by atoms with Crippen molar-refractivity contribution in [3.05, 3.63) is 29.8 Å². The van der Waals surface area contributed by atoms with Crippen LogP contribution in [-0.2, 0) is 9.53 Å². The van der Waals surface area contributed by atoms with Crippen molar-refractivity contribution in [1.82, 2.24) is 5.32 Å². The van der Waals surface area contributed by atoms with Crippen molar-refractivity contribution in [1.29, 1.82) is 0 Å². The summed E-state index contributed by atoms with van der Waals surface area (Å²) in [5, 5.41) is 3.17. The molecule has 0 aromatic heterocycles. The first-order chi connectivity index (χ1) is 9.12. The van der Waals surface area contributed by atoms with Crippen molar-refractivity contribution in [2.24, 2.45) is 0 Å². The molecule has 0 aliphatic heterocycles. The Labute approximate surface area is 115 Å². The summed E-state index contributed by atoms with van der Waals surface area (Å²) in [4.78, 5) is 11.7. The summed E-state index contributed by atoms with van der Waals surface area (Å²) < 4.78 is 10.7. The molecule has 106 valence electrons. The van der Waals surface area contributed by atoms with Gasteiger partial charge in [-0.2, -0.15) is 0 Å². The van der Waals surface area contributed by atoms with Crippen LogP contribution in [0.25, 0.3) is 0 Å². The Bertz CT molecular complexity index is 406. The summed E-state index contributed by atoms with van der Waals surface area (Å²) in [6.07, 6.45) is 0.0464. The molecule has 0 saturated heterocycles. The first-order valence-electron chi connectivity index (χ1n) is 6.72. The number of rotatable bonds is 7. The molecule has 0 bridgehead atoms. The number of hydrogen-bond donors (Lipinski definition) is 1. The quantitative estimate of drug-likeness (QED) is 0.770. The van der Waals surface area contributed by atoms with Crippen molar-refractivity contribution < 1.29 is 14.3 Å². The van der Waals surface area contributed by atoms with Gasteiger partial charge in [-0.15, -0.1) is 0 Å². The maximum atomic E-state index is 11.7. The number of ether oxygens (including phenoxy) is 2. The van der Waals surface area contributed by atoms with Crippen molar-refractivity contribution in [2.45, 2.75) is 39.3 Å². The van der Waals surface area contributed by atoms with Crippen LogP contribution in [0, 0.1) is 0 Å². The summed E-state index contributed by atoms with van der Waals surface area (Å²) in [7, 11) is 1.91. The van der Waals surface area contributed by atoms with Crippen LogP contribution in [0.15, 0.2) is 24.3 Å². The molecule has 0 aliphatic carbocycles. The fourth-order valence-electron chi connectivity index (χ4n) is 1.72. The van der Waals surface area contributed by atoms with Crippen LogP contribution >= 0.6 is 0 Å². The lowest BCUT2D eigenvalue weighted by molar-refractivity contribution is -0.151. The predicted molar refractivity (Wildman–Crippen MR) is 75.3 cm³/mol. The Morgan fingerprint density at radius 1 is 1.37 bits per heavy atom. The van der Waals surface area contributed by atoms with E-state index in [1.165, 1.54) is 0 Å². The average Bonchev–Trinajstić information content (AvgIpc) is 2.44. The molecule has 0 radical (unpaired) electrons. The molecular formula is C15H23NO3. The maximum absolute atomic E-state index is 11.7. The van der Waals surface area contributed by atoms with Crippen molar-refractivity contribution in [3.63, 3.8) is 0 Å². The van der Waals surface area contributed by atoms with Gasteiger partial charge in [-0.3, -0.25) is 0 Å². The van der Waals surface area contributed by atoms with Gasteiger partial charge in [-0.05, 0) is 45.0 Å². The van der Waals surface area contributed by atoms with Gasteiger partial charge in [0, 0.05) is 6.04 Å². The maximum Gasteiger partial charge on any atom is 0.347 e. The number of benzene rings is 1. The van der Waals surface area contributed by atoms with Crippen LogP contribution in [0.4, 0.5) is 0 Å². The van der Waals surface area contributed by atoms with Crippen LogP contribution in [0.1, 0.15) is 38.8 Å². The molecule has 1 rings (SSSR count). The zero-order chi connectivity index (χ0) is 14.3. The normalized spacial score (nSPS) is 13.7. The van der Waals surface area contributed by atoms with E-state index in [-0.39, 0.29) is 12.0 Å². The topological polar surface area (TPSA) is 47.6 Å². The second-order valence-electron chi connectivity index (χ2n) is 4.35. The smallest absolute Gasteiger partial charge is 0.347 e. The summed E-state index contributed by atoms with van der Waals surface area (Å²) in [5.74, 6) is 0.386. The monoisotopic (exact) mass is 265 g/mol. The fourth-order valence-corrected chi connectivity index (χ4v) is 1.72. The molecule has 0 heterocycles. The summed E-state index contributed by atoms with van der Waals surface area (Å²) in [6, 6.07) is 8.00. The standard InChI is InChI=1S/C15H23NO3/c1-5-14(15(17)18-6-2)19-13-9-7-8-12(10-13)11(3)16-4/h7-11,14,16H,5-6H2,1-4H3. The van der Waals surface area contributed by atoms with E-state index in [0.29, 0.717) is 18.8 Å². The SMILES string of the molecule is CCOC(=O)C(CC)Oc1cccc(C(C)NC)c1. The number of hydrogen-bond acceptors (Lipinski definition) is 4. The third-order valence-electron chi connectivity index (χ3n) is 2.99. The summed E-state index contributed by atoms with van der Waals surface area (Å²) in [6.45, 7) is 6.14. The van der Waals surface area contributed by atoms with Crippen molar-refractivity contribution >= 4 is 5.97 Å². The van der Waals surface area contributed by atoms with Gasteiger partial charge >= 0.3 is 5.97 Å². The Hall–Kier alpha value is -1.55. The second kappa shape index (κ2) is 7.79. The Morgan fingerprint density at radius 3 is 2.68 bits per heavy atom. The minimum absolute atomic E-state index is 0.242. The molecule has 1 aromatic carbocycles. The minimum atomic E-state index is -0.542. The largest absolute Gasteiger partial charge is 0.479 e. The molecule has 1 N–H and O–H groups in total. The van der Waals surface area contributed by atoms with Gasteiger partial charge in [-0.25, -0.2) is 4.79 Å². The average molecular weight is 265 g/mol. The summed E-state index contributed by atoms with van der Waals surface area (Å²) >= 11 is 0. The van der Waals surface area contributed by atoms with E-state index >= 15 is 0 Å². The van der Waals surface area contributed by atoms with E-state index in [4.69, 9.17) is 9.47 Å². The molecule has 0 spiro atoms. The van der Waals surface area contributed by atoms with E-state index in [1.807, 2.05) is 38.2 Å². The molecule has 19 heavy (non-hydrogen) atoms. The van der Waals surface area contributed by atoms with Crippen molar-refractivity contribution in [2.75, 3.05) is 13.7 Å². The van der Waals surface area contributed by atoms with Gasteiger partial charge in [0.2, 0.25) is 0 Å². The molecule has 2 atom stereocenters. The Kier molecular flexibility index (Phi) is 6.36. The highest BCUT2D eigenvalue weighted by atomic mass is 16.6. The highest BCUT2D eigenvalue weighted by Crippen LogP contribution is 2.20. The van der Waals surface area contributed by atoms with Crippen LogP contribution < -0.4 is 10.1 Å². The third kappa shape index (κ3) is 4.56. The fraction of sp³-hybridized carbons (Fsp3) is 0.533. The van der Waals surface area contributed by atoms with Gasteiger partial charge in [0.15, 0.2) is 6.10 Å². The van der Waals surface area contributed by atoms with E-state index in [0.717, 1.165) is 5.56 Å². The van der Waals surface area contributed by atoms with Gasteiger partial charge in [0.1, 0.15) is 5.75 Å². The number of nitrogens with one attached hydrogen (secondary N) is 1. The molecule has 1 aromatic rings. The molecule has 4 nitrogen and oxygen atoms in total. The number of carbonyl (C=O) groups excluding carboxylic acids is 1. The van der Waals surface area contributed by atoms with Crippen molar-refractivity contribution in [3.8, 4) is 5.75 Å². The zero-order valence-corrected chi connectivity index (χ0v) is 12.1. The highest BCUT2D eigenvalue weighted by molar-refractivity contribution is 5.75. The second-order valence-corrected chi connectivity index (χ2v) is 4.35.